The average molecular weight is 269 g/mol. The first kappa shape index (κ1) is 10.4. The van der Waals surface area contributed by atoms with Crippen LogP contribution in [0.3, 0.4) is 0 Å². The van der Waals surface area contributed by atoms with Crippen molar-refractivity contribution in [1.82, 2.24) is 0 Å². The van der Waals surface area contributed by atoms with E-state index in [1.807, 2.05) is 18.2 Å². The van der Waals surface area contributed by atoms with Crippen LogP contribution in [0.4, 0.5) is 0 Å². The Morgan fingerprint density at radius 1 is 1.40 bits per heavy atom. The molecule has 0 spiro atoms. The van der Waals surface area contributed by atoms with Gasteiger partial charge in [0.25, 0.3) is 0 Å². The molecule has 3 nitrogen and oxygen atoms in total. The maximum atomic E-state index is 10.9. The Bertz CT molecular complexity index is 426. The molecule has 4 heteroatoms. The van der Waals surface area contributed by atoms with E-state index in [0.717, 1.165) is 4.47 Å². The molecule has 0 saturated carbocycles. The molecule has 2 rings (SSSR count). The fourth-order valence-corrected chi connectivity index (χ4v) is 1.92. The molecular weight excluding hydrogens is 260 g/mol. The molecule has 1 atom stereocenters. The van der Waals surface area contributed by atoms with Crippen LogP contribution in [0.1, 0.15) is 18.1 Å². The van der Waals surface area contributed by atoms with Crippen LogP contribution in [-0.2, 0) is 9.53 Å². The van der Waals surface area contributed by atoms with Crippen molar-refractivity contribution >= 4 is 21.9 Å². The number of rotatable bonds is 2. The van der Waals surface area contributed by atoms with Crippen LogP contribution in [0.15, 0.2) is 40.6 Å². The van der Waals surface area contributed by atoms with Crippen LogP contribution in [-0.4, -0.2) is 11.1 Å². The summed E-state index contributed by atoms with van der Waals surface area (Å²) in [5.41, 5.74) is 0.693. The lowest BCUT2D eigenvalue weighted by atomic mass is 10.1. The molecule has 1 unspecified atom stereocenters. The normalized spacial score (nSPS) is 17.2. The summed E-state index contributed by atoms with van der Waals surface area (Å²) < 4.78 is 5.68. The van der Waals surface area contributed by atoms with Gasteiger partial charge in [-0.15, -0.1) is 0 Å². The lowest BCUT2D eigenvalue weighted by Crippen LogP contribution is -2.04. The average Bonchev–Trinajstić information content (AvgIpc) is 2.65. The quantitative estimate of drug-likeness (QED) is 0.838. The van der Waals surface area contributed by atoms with Crippen molar-refractivity contribution in [3.8, 4) is 0 Å². The molecule has 0 fully saturated rings. The SMILES string of the molecule is O=C1CC=C(C(O)c2ccccc2Br)O1. The van der Waals surface area contributed by atoms with Crippen molar-refractivity contribution in [2.24, 2.45) is 0 Å². The predicted octanol–water partition coefficient (Wildman–Crippen LogP) is 2.31. The number of ether oxygens (including phenoxy) is 1. The highest BCUT2D eigenvalue weighted by Gasteiger charge is 2.23. The van der Waals surface area contributed by atoms with Crippen molar-refractivity contribution in [1.29, 1.82) is 0 Å². The fraction of sp³-hybridized carbons (Fsp3) is 0.182. The van der Waals surface area contributed by atoms with Gasteiger partial charge in [0, 0.05) is 10.0 Å². The second-order valence-corrected chi connectivity index (χ2v) is 4.06. The standard InChI is InChI=1S/C11H9BrO3/c12-8-4-2-1-3-7(8)11(14)9-5-6-10(13)15-9/h1-5,11,14H,6H2. The van der Waals surface area contributed by atoms with Gasteiger partial charge in [-0.2, -0.15) is 0 Å². The zero-order valence-corrected chi connectivity index (χ0v) is 9.40. The fourth-order valence-electron chi connectivity index (χ4n) is 1.42. The number of benzene rings is 1. The minimum absolute atomic E-state index is 0.233. The molecule has 1 heterocycles. The number of cyclic esters (lactones) is 1. The summed E-state index contributed by atoms with van der Waals surface area (Å²) >= 11 is 3.33. The molecule has 1 N–H and O–H groups in total. The van der Waals surface area contributed by atoms with Crippen molar-refractivity contribution in [2.75, 3.05) is 0 Å². The molecule has 1 aliphatic rings. The van der Waals surface area contributed by atoms with E-state index in [4.69, 9.17) is 4.74 Å². The van der Waals surface area contributed by atoms with Crippen molar-refractivity contribution in [3.63, 3.8) is 0 Å². The topological polar surface area (TPSA) is 46.5 Å². The predicted molar refractivity (Wildman–Crippen MR) is 57.9 cm³/mol. The summed E-state index contributed by atoms with van der Waals surface area (Å²) in [6.45, 7) is 0. The van der Waals surface area contributed by atoms with Gasteiger partial charge in [0.1, 0.15) is 11.9 Å². The molecule has 0 saturated heterocycles. The highest BCUT2D eigenvalue weighted by molar-refractivity contribution is 9.10. The van der Waals surface area contributed by atoms with E-state index in [2.05, 4.69) is 15.9 Å². The summed E-state index contributed by atoms with van der Waals surface area (Å²) in [6, 6.07) is 7.29. The highest BCUT2D eigenvalue weighted by atomic mass is 79.9. The molecule has 1 aromatic carbocycles. The lowest BCUT2D eigenvalue weighted by Gasteiger charge is -2.12. The Kier molecular flexibility index (Phi) is 2.88. The van der Waals surface area contributed by atoms with Gasteiger partial charge in [0.15, 0.2) is 0 Å². The highest BCUT2D eigenvalue weighted by Crippen LogP contribution is 2.31. The number of hydrogen-bond donors (Lipinski definition) is 1. The zero-order chi connectivity index (χ0) is 10.8. The van der Waals surface area contributed by atoms with Gasteiger partial charge in [0.05, 0.1) is 6.42 Å². The Morgan fingerprint density at radius 3 is 2.73 bits per heavy atom. The Balaban J connectivity index is 2.25. The second-order valence-electron chi connectivity index (χ2n) is 3.21. The maximum absolute atomic E-state index is 10.9. The number of carbonyl (C=O) groups is 1. The molecule has 0 amide bonds. The summed E-state index contributed by atoms with van der Waals surface area (Å²) in [7, 11) is 0. The van der Waals surface area contributed by atoms with Gasteiger partial charge >= 0.3 is 5.97 Å². The number of halogens is 1. The third kappa shape index (κ3) is 2.11. The summed E-state index contributed by atoms with van der Waals surface area (Å²) in [5, 5.41) is 9.94. The molecule has 0 bridgehead atoms. The van der Waals surface area contributed by atoms with E-state index in [1.165, 1.54) is 0 Å². The Morgan fingerprint density at radius 2 is 2.13 bits per heavy atom. The first-order chi connectivity index (χ1) is 7.18. The zero-order valence-electron chi connectivity index (χ0n) is 7.81. The van der Waals surface area contributed by atoms with E-state index in [9.17, 15) is 9.90 Å². The maximum Gasteiger partial charge on any atom is 0.314 e. The number of hydrogen-bond acceptors (Lipinski definition) is 3. The molecule has 0 aromatic heterocycles. The van der Waals surface area contributed by atoms with Crippen LogP contribution < -0.4 is 0 Å². The molecule has 0 radical (unpaired) electrons. The van der Waals surface area contributed by atoms with Crippen molar-refractivity contribution in [2.45, 2.75) is 12.5 Å². The molecular formula is C11H9BrO3. The van der Waals surface area contributed by atoms with Gasteiger partial charge in [-0.1, -0.05) is 34.1 Å². The van der Waals surface area contributed by atoms with Crippen LogP contribution >= 0.6 is 15.9 Å². The third-order valence-corrected chi connectivity index (χ3v) is 2.89. The monoisotopic (exact) mass is 268 g/mol. The van der Waals surface area contributed by atoms with Crippen LogP contribution in [0, 0.1) is 0 Å². The van der Waals surface area contributed by atoms with Crippen molar-refractivity contribution < 1.29 is 14.6 Å². The van der Waals surface area contributed by atoms with E-state index in [0.29, 0.717) is 11.3 Å². The summed E-state index contributed by atoms with van der Waals surface area (Å²) in [6.07, 6.45) is 0.954. The number of aliphatic hydroxyl groups excluding tert-OH is 1. The van der Waals surface area contributed by atoms with E-state index < -0.39 is 6.10 Å². The van der Waals surface area contributed by atoms with Gasteiger partial charge in [0.2, 0.25) is 0 Å². The second kappa shape index (κ2) is 4.16. The van der Waals surface area contributed by atoms with E-state index in [1.54, 1.807) is 12.1 Å². The molecule has 1 aromatic rings. The third-order valence-electron chi connectivity index (χ3n) is 2.17. The van der Waals surface area contributed by atoms with Gasteiger partial charge in [-0.05, 0) is 12.1 Å². The minimum atomic E-state index is -0.882. The van der Waals surface area contributed by atoms with Crippen LogP contribution in [0.25, 0.3) is 0 Å². The van der Waals surface area contributed by atoms with E-state index in [-0.39, 0.29) is 12.4 Å². The molecule has 78 valence electrons. The smallest absolute Gasteiger partial charge is 0.314 e. The lowest BCUT2D eigenvalue weighted by molar-refractivity contribution is -0.137. The first-order valence-electron chi connectivity index (χ1n) is 4.51. The Hall–Kier alpha value is -1.13. The molecule has 1 aliphatic heterocycles. The number of esters is 1. The number of carbonyl (C=O) groups excluding carboxylic acids is 1. The van der Waals surface area contributed by atoms with Gasteiger partial charge in [-0.25, -0.2) is 0 Å². The van der Waals surface area contributed by atoms with Gasteiger partial charge < -0.3 is 9.84 Å². The first-order valence-corrected chi connectivity index (χ1v) is 5.31. The summed E-state index contributed by atoms with van der Waals surface area (Å²) in [5.74, 6) is -0.0111. The number of aliphatic hydroxyl groups is 1. The van der Waals surface area contributed by atoms with Crippen LogP contribution in [0.2, 0.25) is 0 Å². The molecule has 0 aliphatic carbocycles. The Labute approximate surface area is 95.5 Å². The van der Waals surface area contributed by atoms with Crippen LogP contribution in [0.5, 0.6) is 0 Å². The minimum Gasteiger partial charge on any atom is -0.428 e. The molecule has 15 heavy (non-hydrogen) atoms. The van der Waals surface area contributed by atoms with E-state index >= 15 is 0 Å². The summed E-state index contributed by atoms with van der Waals surface area (Å²) in [4.78, 5) is 10.9. The van der Waals surface area contributed by atoms with Gasteiger partial charge in [-0.3, -0.25) is 4.79 Å². The van der Waals surface area contributed by atoms with Crippen molar-refractivity contribution in [3.05, 3.63) is 46.1 Å². The largest absolute Gasteiger partial charge is 0.428 e.